The lowest BCUT2D eigenvalue weighted by Crippen LogP contribution is -2.49. The number of nitrogens with one attached hydrogen (secondary N) is 1. The molecule has 0 saturated heterocycles. The molecule has 140 valence electrons. The Bertz CT molecular complexity index is 778. The molecule has 0 radical (unpaired) electrons. The molecular weight excluding hydrogens is 372 g/mol. The molecule has 1 aliphatic heterocycles. The highest BCUT2D eigenvalue weighted by molar-refractivity contribution is 7.80. The van der Waals surface area contributed by atoms with Gasteiger partial charge >= 0.3 is 0 Å². The van der Waals surface area contributed by atoms with Crippen LogP contribution in [-0.4, -0.2) is 36.1 Å². The maximum atomic E-state index is 12.7. The van der Waals surface area contributed by atoms with E-state index in [9.17, 15) is 4.79 Å². The van der Waals surface area contributed by atoms with Gasteiger partial charge in [0.1, 0.15) is 0 Å². The number of thiocarbonyl (C=S) groups is 1. The van der Waals surface area contributed by atoms with Gasteiger partial charge in [-0.05, 0) is 56.6 Å². The average Bonchev–Trinajstić information content (AvgIpc) is 2.62. The van der Waals surface area contributed by atoms with E-state index in [1.165, 1.54) is 0 Å². The molecule has 1 aromatic carbocycles. The molecule has 1 unspecified atom stereocenters. The number of hydrogen-bond acceptors (Lipinski definition) is 4. The standard InChI is InChI=1S/C19H23ClN2O3S/c1-4-22-13-7-6-8-14(23)16(13)17(21-19(22)26)11-9-12(20)18(25-5-2)15(10-11)24-3/h9-10,17H,4-8H2,1-3H3,(H,21,26). The summed E-state index contributed by atoms with van der Waals surface area (Å²) >= 11 is 12.0. The minimum Gasteiger partial charge on any atom is -0.493 e. The van der Waals surface area contributed by atoms with Crippen LogP contribution in [0.3, 0.4) is 0 Å². The van der Waals surface area contributed by atoms with Gasteiger partial charge in [0.25, 0.3) is 0 Å². The van der Waals surface area contributed by atoms with Gasteiger partial charge in [-0.25, -0.2) is 0 Å². The van der Waals surface area contributed by atoms with E-state index >= 15 is 0 Å². The number of methoxy groups -OCH3 is 1. The first-order valence-electron chi connectivity index (χ1n) is 8.86. The predicted molar refractivity (Wildman–Crippen MR) is 106 cm³/mol. The molecule has 3 rings (SSSR count). The van der Waals surface area contributed by atoms with Gasteiger partial charge in [0.15, 0.2) is 22.4 Å². The van der Waals surface area contributed by atoms with Crippen LogP contribution < -0.4 is 14.8 Å². The zero-order valence-electron chi connectivity index (χ0n) is 15.2. The SMILES string of the molecule is CCOc1c(Cl)cc(C2NC(=S)N(CC)C3=C2C(=O)CCC3)cc1OC. The Labute approximate surface area is 164 Å². The van der Waals surface area contributed by atoms with Crippen LogP contribution in [0.15, 0.2) is 23.4 Å². The fourth-order valence-corrected chi connectivity index (χ4v) is 4.26. The highest BCUT2D eigenvalue weighted by atomic mass is 35.5. The summed E-state index contributed by atoms with van der Waals surface area (Å²) in [6.07, 6.45) is 2.27. The molecular formula is C19H23ClN2O3S. The van der Waals surface area contributed by atoms with Gasteiger partial charge in [0.05, 0.1) is 24.8 Å². The lowest BCUT2D eigenvalue weighted by atomic mass is 9.84. The Morgan fingerprint density at radius 1 is 1.35 bits per heavy atom. The van der Waals surface area contributed by atoms with Crippen molar-refractivity contribution in [1.29, 1.82) is 0 Å². The van der Waals surface area contributed by atoms with Crippen LogP contribution in [0.2, 0.25) is 5.02 Å². The number of benzene rings is 1. The number of hydrogen-bond donors (Lipinski definition) is 1. The lowest BCUT2D eigenvalue weighted by Gasteiger charge is -2.40. The number of ketones is 1. The largest absolute Gasteiger partial charge is 0.493 e. The molecule has 0 amide bonds. The highest BCUT2D eigenvalue weighted by Crippen LogP contribution is 2.42. The van der Waals surface area contributed by atoms with Crippen molar-refractivity contribution < 1.29 is 14.3 Å². The molecule has 1 aliphatic carbocycles. The van der Waals surface area contributed by atoms with Gasteiger partial charge in [0.2, 0.25) is 0 Å². The molecule has 7 heteroatoms. The first-order valence-corrected chi connectivity index (χ1v) is 9.64. The van der Waals surface area contributed by atoms with Crippen molar-refractivity contribution in [3.63, 3.8) is 0 Å². The van der Waals surface area contributed by atoms with Gasteiger partial charge < -0.3 is 19.7 Å². The van der Waals surface area contributed by atoms with Crippen LogP contribution in [0.1, 0.15) is 44.7 Å². The smallest absolute Gasteiger partial charge is 0.179 e. The topological polar surface area (TPSA) is 50.8 Å². The van der Waals surface area contributed by atoms with E-state index in [1.54, 1.807) is 7.11 Å². The monoisotopic (exact) mass is 394 g/mol. The fraction of sp³-hybridized carbons (Fsp3) is 0.474. The van der Waals surface area contributed by atoms with Crippen molar-refractivity contribution in [3.05, 3.63) is 34.0 Å². The second kappa shape index (κ2) is 7.84. The first-order chi connectivity index (χ1) is 12.5. The van der Waals surface area contributed by atoms with Crippen LogP contribution in [0.4, 0.5) is 0 Å². The van der Waals surface area contributed by atoms with Crippen LogP contribution in [0.5, 0.6) is 11.5 Å². The molecule has 1 N–H and O–H groups in total. The van der Waals surface area contributed by atoms with E-state index in [2.05, 4.69) is 5.32 Å². The molecule has 0 aromatic heterocycles. The molecule has 0 saturated carbocycles. The Balaban J connectivity index is 2.12. The fourth-order valence-electron chi connectivity index (χ4n) is 3.63. The molecule has 0 bridgehead atoms. The van der Waals surface area contributed by atoms with Crippen LogP contribution >= 0.6 is 23.8 Å². The predicted octanol–water partition coefficient (Wildman–Crippen LogP) is 4.01. The third-order valence-corrected chi connectivity index (χ3v) is 5.37. The van der Waals surface area contributed by atoms with Crippen molar-refractivity contribution in [3.8, 4) is 11.5 Å². The maximum absolute atomic E-state index is 12.7. The lowest BCUT2D eigenvalue weighted by molar-refractivity contribution is -0.116. The summed E-state index contributed by atoms with van der Waals surface area (Å²) in [5, 5.41) is 4.41. The number of allylic oxidation sites excluding steroid dienone is 1. The van der Waals surface area contributed by atoms with Crippen molar-refractivity contribution in [2.45, 2.75) is 39.2 Å². The number of nitrogens with zero attached hydrogens (tertiary/aromatic N) is 1. The summed E-state index contributed by atoms with van der Waals surface area (Å²) in [5.41, 5.74) is 2.66. The number of halogens is 1. The van der Waals surface area contributed by atoms with Crippen LogP contribution in [0, 0.1) is 0 Å². The molecule has 1 heterocycles. The summed E-state index contributed by atoms with van der Waals surface area (Å²) in [4.78, 5) is 14.8. The normalized spacial score (nSPS) is 20.0. The Kier molecular flexibility index (Phi) is 5.73. The quantitative estimate of drug-likeness (QED) is 0.761. The van der Waals surface area contributed by atoms with Crippen molar-refractivity contribution >= 4 is 34.7 Å². The average molecular weight is 395 g/mol. The third-order valence-electron chi connectivity index (χ3n) is 4.75. The van der Waals surface area contributed by atoms with Crippen LogP contribution in [-0.2, 0) is 4.79 Å². The molecule has 2 aliphatic rings. The summed E-state index contributed by atoms with van der Waals surface area (Å²) in [6.45, 7) is 5.15. The molecule has 5 nitrogen and oxygen atoms in total. The van der Waals surface area contributed by atoms with E-state index in [0.29, 0.717) is 34.7 Å². The van der Waals surface area contributed by atoms with E-state index in [0.717, 1.165) is 36.2 Å². The Morgan fingerprint density at radius 2 is 2.12 bits per heavy atom. The molecule has 0 spiro atoms. The summed E-state index contributed by atoms with van der Waals surface area (Å²) in [6, 6.07) is 3.37. The maximum Gasteiger partial charge on any atom is 0.179 e. The number of carbonyl (C=O) groups excluding carboxylic acids is 1. The van der Waals surface area contributed by atoms with Crippen molar-refractivity contribution in [2.75, 3.05) is 20.3 Å². The molecule has 26 heavy (non-hydrogen) atoms. The molecule has 1 atom stereocenters. The highest BCUT2D eigenvalue weighted by Gasteiger charge is 2.37. The molecule has 1 aromatic rings. The third kappa shape index (κ3) is 3.28. The minimum atomic E-state index is -0.324. The number of ether oxygens (including phenoxy) is 2. The number of carbonyl (C=O) groups is 1. The van der Waals surface area contributed by atoms with Gasteiger partial charge in [0, 0.05) is 24.2 Å². The summed E-state index contributed by atoms with van der Waals surface area (Å²) < 4.78 is 11.1. The van der Waals surface area contributed by atoms with E-state index in [1.807, 2.05) is 30.9 Å². The van der Waals surface area contributed by atoms with E-state index in [4.69, 9.17) is 33.3 Å². The van der Waals surface area contributed by atoms with Crippen LogP contribution in [0.25, 0.3) is 0 Å². The van der Waals surface area contributed by atoms with E-state index < -0.39 is 0 Å². The first kappa shape index (κ1) is 19.0. The Morgan fingerprint density at radius 3 is 2.77 bits per heavy atom. The van der Waals surface area contributed by atoms with Gasteiger partial charge in [-0.1, -0.05) is 11.6 Å². The molecule has 0 fully saturated rings. The second-order valence-electron chi connectivity index (χ2n) is 6.23. The van der Waals surface area contributed by atoms with Gasteiger partial charge in [-0.3, -0.25) is 4.79 Å². The summed E-state index contributed by atoms with van der Waals surface area (Å²) in [7, 11) is 1.58. The number of Topliss-reactive ketones (excluding diaryl/α,β-unsaturated/α-hetero) is 1. The number of rotatable bonds is 5. The summed E-state index contributed by atoms with van der Waals surface area (Å²) in [5.74, 6) is 1.22. The zero-order valence-corrected chi connectivity index (χ0v) is 16.8. The van der Waals surface area contributed by atoms with Gasteiger partial charge in [-0.15, -0.1) is 0 Å². The second-order valence-corrected chi connectivity index (χ2v) is 7.02. The Hall–Kier alpha value is -1.79. The zero-order chi connectivity index (χ0) is 18.8. The van der Waals surface area contributed by atoms with Crippen molar-refractivity contribution in [2.24, 2.45) is 0 Å². The van der Waals surface area contributed by atoms with Crippen molar-refractivity contribution in [1.82, 2.24) is 10.2 Å². The van der Waals surface area contributed by atoms with Gasteiger partial charge in [-0.2, -0.15) is 0 Å². The minimum absolute atomic E-state index is 0.161. The van der Waals surface area contributed by atoms with E-state index in [-0.39, 0.29) is 11.8 Å².